The third kappa shape index (κ3) is 1.18. The van der Waals surface area contributed by atoms with Gasteiger partial charge in [0.15, 0.2) is 0 Å². The summed E-state index contributed by atoms with van der Waals surface area (Å²) in [5.74, 6) is -0.231. The Kier molecular flexibility index (Phi) is 2.09. The number of urea groups is 1. The number of anilines is 1. The Labute approximate surface area is 92.8 Å². The van der Waals surface area contributed by atoms with Crippen molar-refractivity contribution in [2.24, 2.45) is 0 Å². The summed E-state index contributed by atoms with van der Waals surface area (Å²) >= 11 is 0. The first-order valence-electron chi connectivity index (χ1n) is 4.46. The highest BCUT2D eigenvalue weighted by Crippen LogP contribution is 2.38. The number of phenols is 1. The molecule has 0 fully saturated rings. The number of benzene rings is 1. The van der Waals surface area contributed by atoms with E-state index in [4.69, 9.17) is 0 Å². The fourth-order valence-electron chi connectivity index (χ4n) is 1.61. The first kappa shape index (κ1) is 10.7. The smallest absolute Gasteiger partial charge is 0.338 e. The van der Waals surface area contributed by atoms with Crippen LogP contribution in [0.5, 0.6) is 5.75 Å². The molecule has 1 heterocycles. The van der Waals surface area contributed by atoms with Gasteiger partial charge in [-0.3, -0.25) is 4.90 Å². The van der Waals surface area contributed by atoms with Crippen molar-refractivity contribution < 1.29 is 18.3 Å². The van der Waals surface area contributed by atoms with E-state index < -0.39 is 16.1 Å². The summed E-state index contributed by atoms with van der Waals surface area (Å²) in [5.41, 5.74) is 0.0191. The molecule has 0 radical (unpaired) electrons. The van der Waals surface area contributed by atoms with E-state index >= 15 is 0 Å². The summed E-state index contributed by atoms with van der Waals surface area (Å²) in [5, 5.41) is 9.59. The van der Waals surface area contributed by atoms with Gasteiger partial charge in [-0.1, -0.05) is 6.07 Å². The molecule has 1 aliphatic heterocycles. The number of rotatable bonds is 0. The van der Waals surface area contributed by atoms with Crippen LogP contribution in [0.15, 0.2) is 23.1 Å². The molecule has 2 amide bonds. The van der Waals surface area contributed by atoms with Gasteiger partial charge in [-0.2, -0.15) is 0 Å². The van der Waals surface area contributed by atoms with Crippen molar-refractivity contribution in [1.29, 1.82) is 0 Å². The summed E-state index contributed by atoms with van der Waals surface area (Å²) in [6.45, 7) is 0. The van der Waals surface area contributed by atoms with Crippen molar-refractivity contribution in [3.8, 4) is 5.75 Å². The van der Waals surface area contributed by atoms with Crippen LogP contribution in [0.25, 0.3) is 0 Å². The number of fused-ring (bicyclic) bond motifs is 1. The summed E-state index contributed by atoms with van der Waals surface area (Å²) in [4.78, 5) is 12.6. The molecule has 0 saturated heterocycles. The first-order valence-corrected chi connectivity index (χ1v) is 5.90. The lowest BCUT2D eigenvalue weighted by molar-refractivity contribution is 0.234. The normalized spacial score (nSPS) is 18.5. The van der Waals surface area contributed by atoms with Crippen LogP contribution in [-0.4, -0.2) is 38.0 Å². The maximum Gasteiger partial charge on any atom is 0.338 e. The fraction of sp³-hybridized carbons (Fsp3) is 0.222. The molecule has 1 aliphatic rings. The summed E-state index contributed by atoms with van der Waals surface area (Å²) in [6.07, 6.45) is 0. The lowest BCUT2D eigenvalue weighted by atomic mass is 10.2. The van der Waals surface area contributed by atoms with E-state index in [-0.39, 0.29) is 16.3 Å². The molecule has 1 aromatic rings. The molecule has 0 aromatic heterocycles. The first-order chi connectivity index (χ1) is 7.37. The highest BCUT2D eigenvalue weighted by Gasteiger charge is 2.38. The average Bonchev–Trinajstić information content (AvgIpc) is 2.24. The number of phenolic OH excluding ortho intramolecular Hbond substituents is 1. The Balaban J connectivity index is 2.84. The Morgan fingerprint density at radius 3 is 2.50 bits per heavy atom. The monoisotopic (exact) mass is 242 g/mol. The maximum absolute atomic E-state index is 11.9. The average molecular weight is 242 g/mol. The minimum Gasteiger partial charge on any atom is -0.506 e. The number of hydrogen-bond donors (Lipinski definition) is 1. The summed E-state index contributed by atoms with van der Waals surface area (Å²) in [6, 6.07) is 3.41. The van der Waals surface area contributed by atoms with Gasteiger partial charge < -0.3 is 5.11 Å². The van der Waals surface area contributed by atoms with Crippen molar-refractivity contribution in [3.05, 3.63) is 18.2 Å². The van der Waals surface area contributed by atoms with Crippen molar-refractivity contribution >= 4 is 21.7 Å². The van der Waals surface area contributed by atoms with Gasteiger partial charge in [-0.25, -0.2) is 17.5 Å². The van der Waals surface area contributed by atoms with Gasteiger partial charge in [-0.15, -0.1) is 0 Å². The second-order valence-electron chi connectivity index (χ2n) is 3.44. The Hall–Kier alpha value is -1.76. The van der Waals surface area contributed by atoms with E-state index in [2.05, 4.69) is 0 Å². The predicted octanol–water partition coefficient (Wildman–Crippen LogP) is 0.583. The molecule has 6 nitrogen and oxygen atoms in total. The molecule has 0 aliphatic carbocycles. The predicted molar refractivity (Wildman–Crippen MR) is 56.9 cm³/mol. The largest absolute Gasteiger partial charge is 0.506 e. The quantitative estimate of drug-likeness (QED) is 0.722. The van der Waals surface area contributed by atoms with Crippen LogP contribution in [0.1, 0.15) is 0 Å². The minimum absolute atomic E-state index is 0.0191. The zero-order valence-electron chi connectivity index (χ0n) is 8.71. The van der Waals surface area contributed by atoms with Gasteiger partial charge in [0.25, 0.3) is 10.0 Å². The van der Waals surface area contributed by atoms with Gasteiger partial charge in [0.1, 0.15) is 16.3 Å². The van der Waals surface area contributed by atoms with Gasteiger partial charge in [0.05, 0.1) is 0 Å². The van der Waals surface area contributed by atoms with Crippen molar-refractivity contribution in [2.45, 2.75) is 4.90 Å². The lowest BCUT2D eigenvalue weighted by Crippen LogP contribution is -2.46. The second kappa shape index (κ2) is 3.11. The molecule has 2 rings (SSSR count). The third-order valence-electron chi connectivity index (χ3n) is 2.51. The van der Waals surface area contributed by atoms with Crippen molar-refractivity contribution in [3.63, 3.8) is 0 Å². The van der Waals surface area contributed by atoms with Crippen LogP contribution in [0.4, 0.5) is 10.5 Å². The van der Waals surface area contributed by atoms with Crippen molar-refractivity contribution in [2.75, 3.05) is 19.0 Å². The second-order valence-corrected chi connectivity index (χ2v) is 5.38. The molecule has 86 valence electrons. The van der Waals surface area contributed by atoms with E-state index in [1.54, 1.807) is 0 Å². The highest BCUT2D eigenvalue weighted by atomic mass is 32.2. The van der Waals surface area contributed by atoms with Gasteiger partial charge in [-0.05, 0) is 12.1 Å². The molecule has 0 unspecified atom stereocenters. The van der Waals surface area contributed by atoms with E-state index in [0.29, 0.717) is 4.31 Å². The number of hydrogen-bond acceptors (Lipinski definition) is 4. The van der Waals surface area contributed by atoms with E-state index in [1.807, 2.05) is 0 Å². The SMILES string of the molecule is CN1C(=O)N(C)S(=O)(=O)c2cccc(O)c21. The maximum atomic E-state index is 11.9. The number of carbonyl (C=O) groups is 1. The summed E-state index contributed by atoms with van der Waals surface area (Å²) in [7, 11) is -1.25. The van der Waals surface area contributed by atoms with Crippen LogP contribution in [0.2, 0.25) is 0 Å². The van der Waals surface area contributed by atoms with Crippen LogP contribution in [-0.2, 0) is 10.0 Å². The molecular weight excluding hydrogens is 232 g/mol. The Bertz CT molecular complexity index is 567. The van der Waals surface area contributed by atoms with E-state index in [1.165, 1.54) is 32.3 Å². The lowest BCUT2D eigenvalue weighted by Gasteiger charge is -2.32. The highest BCUT2D eigenvalue weighted by molar-refractivity contribution is 7.90. The van der Waals surface area contributed by atoms with Crippen LogP contribution in [0, 0.1) is 0 Å². The van der Waals surface area contributed by atoms with E-state index in [9.17, 15) is 18.3 Å². The number of nitrogens with zero attached hydrogens (tertiary/aromatic N) is 2. The molecule has 16 heavy (non-hydrogen) atoms. The molecule has 0 spiro atoms. The molecular formula is C9H10N2O4S. The molecule has 0 bridgehead atoms. The Morgan fingerprint density at radius 1 is 1.25 bits per heavy atom. The van der Waals surface area contributed by atoms with E-state index in [0.717, 1.165) is 4.90 Å². The van der Waals surface area contributed by atoms with Gasteiger partial charge >= 0.3 is 6.03 Å². The molecule has 0 saturated carbocycles. The number of aromatic hydroxyl groups is 1. The number of amides is 2. The third-order valence-corrected chi connectivity index (χ3v) is 4.27. The molecule has 7 heteroatoms. The van der Waals surface area contributed by atoms with Crippen LogP contribution in [0.3, 0.4) is 0 Å². The zero-order chi connectivity index (χ0) is 12.1. The summed E-state index contributed by atoms with van der Waals surface area (Å²) < 4.78 is 24.4. The van der Waals surface area contributed by atoms with Crippen molar-refractivity contribution in [1.82, 2.24) is 4.31 Å². The molecule has 1 N–H and O–H groups in total. The standard InChI is InChI=1S/C9H10N2O4S/c1-10-8-6(12)4-3-5-7(8)16(14,15)11(2)9(10)13/h3-5,12H,1-2H3. The fourth-order valence-corrected chi connectivity index (χ4v) is 2.97. The molecule has 0 atom stereocenters. The minimum atomic E-state index is -3.84. The van der Waals surface area contributed by atoms with Gasteiger partial charge in [0.2, 0.25) is 0 Å². The number of para-hydroxylation sites is 1. The number of carbonyl (C=O) groups excluding carboxylic acids is 1. The zero-order valence-corrected chi connectivity index (χ0v) is 9.52. The molecule has 1 aromatic carbocycles. The van der Waals surface area contributed by atoms with Crippen LogP contribution < -0.4 is 4.90 Å². The topological polar surface area (TPSA) is 77.9 Å². The van der Waals surface area contributed by atoms with Gasteiger partial charge in [0, 0.05) is 14.1 Å². The van der Waals surface area contributed by atoms with Crippen LogP contribution >= 0.6 is 0 Å². The Morgan fingerprint density at radius 2 is 1.88 bits per heavy atom. The number of sulfonamides is 1.